The van der Waals surface area contributed by atoms with Crippen molar-refractivity contribution in [1.82, 2.24) is 4.90 Å². The Bertz CT molecular complexity index is 823. The highest BCUT2D eigenvalue weighted by molar-refractivity contribution is 6.02. The van der Waals surface area contributed by atoms with Crippen molar-refractivity contribution >= 4 is 23.3 Å². The second-order valence-corrected chi connectivity index (χ2v) is 8.61. The molecule has 1 aliphatic carbocycles. The van der Waals surface area contributed by atoms with Gasteiger partial charge in [-0.25, -0.2) is 0 Å². The molecule has 0 spiro atoms. The number of rotatable bonds is 3. The molecule has 7 nitrogen and oxygen atoms in total. The second-order valence-electron chi connectivity index (χ2n) is 8.61. The molecule has 1 aromatic rings. The molecular formula is C22H29N3O4. The van der Waals surface area contributed by atoms with E-state index >= 15 is 0 Å². The fraction of sp³-hybridized carbons (Fsp3) is 0.591. The molecule has 1 saturated heterocycles. The average Bonchev–Trinajstić information content (AvgIpc) is 2.74. The van der Waals surface area contributed by atoms with Gasteiger partial charge in [-0.1, -0.05) is 19.3 Å². The zero-order valence-electron chi connectivity index (χ0n) is 16.9. The van der Waals surface area contributed by atoms with Gasteiger partial charge in [0.05, 0.1) is 11.2 Å². The fourth-order valence-electron chi connectivity index (χ4n) is 4.65. The normalized spacial score (nSPS) is 24.3. The van der Waals surface area contributed by atoms with E-state index in [2.05, 4.69) is 5.32 Å². The van der Waals surface area contributed by atoms with E-state index < -0.39 is 11.6 Å². The van der Waals surface area contributed by atoms with Gasteiger partial charge in [-0.2, -0.15) is 0 Å². The van der Waals surface area contributed by atoms with Crippen LogP contribution in [0.1, 0.15) is 62.2 Å². The molecule has 2 aliphatic heterocycles. The van der Waals surface area contributed by atoms with Crippen LogP contribution >= 0.6 is 0 Å². The van der Waals surface area contributed by atoms with E-state index in [-0.39, 0.29) is 23.5 Å². The maximum Gasteiger partial charge on any atom is 0.265 e. The molecule has 1 unspecified atom stereocenters. The van der Waals surface area contributed by atoms with Gasteiger partial charge in [0.25, 0.3) is 5.91 Å². The van der Waals surface area contributed by atoms with Crippen LogP contribution in [0.2, 0.25) is 0 Å². The number of piperidine rings is 1. The first-order chi connectivity index (χ1) is 13.9. The number of Topliss-reactive ketones (excluding diaryl/α,β-unsaturated/α-hetero) is 1. The minimum absolute atomic E-state index is 0.0471. The Morgan fingerprint density at radius 1 is 1.17 bits per heavy atom. The summed E-state index contributed by atoms with van der Waals surface area (Å²) in [5, 5.41) is 2.79. The standard InChI is InChI=1S/C22H29N3O4/c1-14-20(27)24-17-13-16(5-6-18(17)29-14)19(26)15-7-11-25(12-8-15)21(28)22(23)9-3-2-4-10-22/h5-6,13-15H,2-4,7-12,23H2,1H3,(H,24,27). The number of nitrogens with one attached hydrogen (secondary N) is 1. The predicted molar refractivity (Wildman–Crippen MR) is 109 cm³/mol. The van der Waals surface area contributed by atoms with Crippen LogP contribution < -0.4 is 15.8 Å². The van der Waals surface area contributed by atoms with Crippen LogP contribution in [-0.2, 0) is 9.59 Å². The van der Waals surface area contributed by atoms with Crippen molar-refractivity contribution in [3.05, 3.63) is 23.8 Å². The van der Waals surface area contributed by atoms with Crippen LogP contribution in [0.15, 0.2) is 18.2 Å². The molecule has 0 bridgehead atoms. The first-order valence-electron chi connectivity index (χ1n) is 10.6. The minimum atomic E-state index is -0.719. The molecule has 2 fully saturated rings. The van der Waals surface area contributed by atoms with Gasteiger partial charge in [-0.15, -0.1) is 0 Å². The quantitative estimate of drug-likeness (QED) is 0.761. The lowest BCUT2D eigenvalue weighted by Gasteiger charge is -2.39. The molecule has 1 aromatic carbocycles. The Hall–Kier alpha value is -2.41. The summed E-state index contributed by atoms with van der Waals surface area (Å²) in [5.41, 5.74) is 6.78. The summed E-state index contributed by atoms with van der Waals surface area (Å²) in [6.07, 6.45) is 5.41. The lowest BCUT2D eigenvalue weighted by molar-refractivity contribution is -0.139. The van der Waals surface area contributed by atoms with Crippen molar-refractivity contribution in [1.29, 1.82) is 0 Å². The van der Waals surface area contributed by atoms with Gasteiger partial charge < -0.3 is 20.7 Å². The maximum atomic E-state index is 13.0. The van der Waals surface area contributed by atoms with Gasteiger partial charge in [0.15, 0.2) is 11.9 Å². The summed E-state index contributed by atoms with van der Waals surface area (Å²) in [6, 6.07) is 5.17. The number of ether oxygens (including phenoxy) is 1. The number of hydrogen-bond donors (Lipinski definition) is 2. The van der Waals surface area contributed by atoms with E-state index in [0.717, 1.165) is 32.1 Å². The van der Waals surface area contributed by atoms with Crippen LogP contribution in [0, 0.1) is 5.92 Å². The lowest BCUT2D eigenvalue weighted by Crippen LogP contribution is -2.57. The molecule has 3 aliphatic rings. The smallest absolute Gasteiger partial charge is 0.265 e. The Labute approximate surface area is 171 Å². The lowest BCUT2D eigenvalue weighted by atomic mass is 9.80. The molecule has 0 radical (unpaired) electrons. The molecule has 4 rings (SSSR count). The van der Waals surface area contributed by atoms with E-state index in [0.29, 0.717) is 42.9 Å². The number of fused-ring (bicyclic) bond motifs is 1. The van der Waals surface area contributed by atoms with E-state index in [1.54, 1.807) is 25.1 Å². The number of hydrogen-bond acceptors (Lipinski definition) is 5. The summed E-state index contributed by atoms with van der Waals surface area (Å²) in [5.74, 6) is 0.331. The molecule has 156 valence electrons. The monoisotopic (exact) mass is 399 g/mol. The Morgan fingerprint density at radius 3 is 2.55 bits per heavy atom. The van der Waals surface area contributed by atoms with Crippen molar-refractivity contribution in [3.8, 4) is 5.75 Å². The Balaban J connectivity index is 1.39. The van der Waals surface area contributed by atoms with Gasteiger partial charge in [0, 0.05) is 24.6 Å². The number of carbonyl (C=O) groups is 3. The number of amides is 2. The highest BCUT2D eigenvalue weighted by Gasteiger charge is 2.40. The van der Waals surface area contributed by atoms with Crippen molar-refractivity contribution in [2.75, 3.05) is 18.4 Å². The first-order valence-corrected chi connectivity index (χ1v) is 10.6. The number of benzene rings is 1. The van der Waals surface area contributed by atoms with Crippen molar-refractivity contribution < 1.29 is 19.1 Å². The maximum absolute atomic E-state index is 13.0. The summed E-state index contributed by atoms with van der Waals surface area (Å²) >= 11 is 0. The molecule has 3 N–H and O–H groups in total. The average molecular weight is 399 g/mol. The van der Waals surface area contributed by atoms with Gasteiger partial charge in [0.1, 0.15) is 5.75 Å². The SMILES string of the molecule is CC1Oc2ccc(C(=O)C3CCN(C(=O)C4(N)CCCCC4)CC3)cc2NC1=O. The van der Waals surface area contributed by atoms with Crippen LogP contribution in [0.25, 0.3) is 0 Å². The Kier molecular flexibility index (Phi) is 5.34. The van der Waals surface area contributed by atoms with Crippen LogP contribution in [0.4, 0.5) is 5.69 Å². The molecule has 2 amide bonds. The summed E-state index contributed by atoms with van der Waals surface area (Å²) < 4.78 is 5.55. The molecular weight excluding hydrogens is 370 g/mol. The predicted octanol–water partition coefficient (Wildman–Crippen LogP) is 2.49. The zero-order chi connectivity index (χ0) is 20.6. The van der Waals surface area contributed by atoms with E-state index in [4.69, 9.17) is 10.5 Å². The summed E-state index contributed by atoms with van der Waals surface area (Å²) in [4.78, 5) is 39.6. The van der Waals surface area contributed by atoms with E-state index in [9.17, 15) is 14.4 Å². The number of carbonyl (C=O) groups excluding carboxylic acids is 3. The minimum Gasteiger partial charge on any atom is -0.479 e. The van der Waals surface area contributed by atoms with E-state index in [1.165, 1.54) is 0 Å². The highest BCUT2D eigenvalue weighted by atomic mass is 16.5. The zero-order valence-corrected chi connectivity index (χ0v) is 16.9. The third kappa shape index (κ3) is 3.88. The molecule has 1 saturated carbocycles. The Morgan fingerprint density at radius 2 is 1.86 bits per heavy atom. The molecule has 29 heavy (non-hydrogen) atoms. The van der Waals surface area contributed by atoms with Gasteiger partial charge in [-0.05, 0) is 50.8 Å². The van der Waals surface area contributed by atoms with Gasteiger partial charge >= 0.3 is 0 Å². The third-order valence-electron chi connectivity index (χ3n) is 6.52. The van der Waals surface area contributed by atoms with Crippen molar-refractivity contribution in [3.63, 3.8) is 0 Å². The molecule has 1 atom stereocenters. The van der Waals surface area contributed by atoms with Crippen molar-refractivity contribution in [2.24, 2.45) is 11.7 Å². The van der Waals surface area contributed by atoms with Gasteiger partial charge in [-0.3, -0.25) is 14.4 Å². The van der Waals surface area contributed by atoms with E-state index in [1.807, 2.05) is 4.90 Å². The third-order valence-corrected chi connectivity index (χ3v) is 6.52. The highest BCUT2D eigenvalue weighted by Crippen LogP contribution is 2.33. The molecule has 7 heteroatoms. The van der Waals surface area contributed by atoms with Crippen molar-refractivity contribution in [2.45, 2.75) is 63.5 Å². The largest absolute Gasteiger partial charge is 0.479 e. The first kappa shape index (κ1) is 19.9. The number of nitrogens with zero attached hydrogens (tertiary/aromatic N) is 1. The number of likely N-dealkylation sites (tertiary alicyclic amines) is 1. The summed E-state index contributed by atoms with van der Waals surface area (Å²) in [6.45, 7) is 2.82. The number of nitrogens with two attached hydrogens (primary N) is 1. The van der Waals surface area contributed by atoms with Crippen LogP contribution in [0.5, 0.6) is 5.75 Å². The number of anilines is 1. The van der Waals surface area contributed by atoms with Crippen LogP contribution in [-0.4, -0.2) is 47.2 Å². The topological polar surface area (TPSA) is 102 Å². The summed E-state index contributed by atoms with van der Waals surface area (Å²) in [7, 11) is 0. The number of ketones is 1. The van der Waals surface area contributed by atoms with Gasteiger partial charge in [0.2, 0.25) is 5.91 Å². The van der Waals surface area contributed by atoms with Crippen LogP contribution in [0.3, 0.4) is 0 Å². The second kappa shape index (κ2) is 7.78. The molecule has 0 aromatic heterocycles. The fourth-order valence-corrected chi connectivity index (χ4v) is 4.65. The molecule has 2 heterocycles.